The Morgan fingerprint density at radius 2 is 1.79 bits per heavy atom. The van der Waals surface area contributed by atoms with Crippen LogP contribution >= 0.6 is 0 Å². The van der Waals surface area contributed by atoms with Crippen LogP contribution in [0.1, 0.15) is 18.9 Å². The maximum Gasteiger partial charge on any atom is 0.275 e. The molecule has 2 rings (SSSR count). The number of hydrogen-bond donors (Lipinski definition) is 4. The first-order valence-corrected chi connectivity index (χ1v) is 12.3. The number of amides is 1. The second-order valence-corrected chi connectivity index (χ2v) is 9.73. The average molecular weight is 517 g/mol. The number of carbonyl (C=O) groups excluding carboxylic acids is 1. The van der Waals surface area contributed by atoms with E-state index in [4.69, 9.17) is 20.8 Å². The molecule has 6 N–H and O–H groups in total. The van der Waals surface area contributed by atoms with Crippen molar-refractivity contribution in [1.29, 1.82) is 0 Å². The number of nitrogens with zero attached hydrogens (tertiary/aromatic N) is 1. The van der Waals surface area contributed by atoms with Gasteiger partial charge in [0.05, 0.1) is 10.6 Å². The van der Waals surface area contributed by atoms with Gasteiger partial charge < -0.3 is 16.2 Å². The van der Waals surface area contributed by atoms with Crippen molar-refractivity contribution in [3.8, 4) is 11.5 Å². The van der Waals surface area contributed by atoms with Gasteiger partial charge in [-0.15, -0.1) is 0 Å². The van der Waals surface area contributed by atoms with Crippen LogP contribution in [0.25, 0.3) is 6.08 Å². The Morgan fingerprint density at radius 1 is 1.21 bits per heavy atom. The standard InChI is InChI=1S/C20H22F2N4O6S2/c1-12(19(27)26-20(23)24)9-13-10-16(21)18(17(22)11-13)32-14-3-5-15(6-4-14)33(28)25-7-2-8-34(29,30)31/h3-6,9-11,25H,2,7-8H2,1H3,(H,29,30,31)(H4,23,24,26,27)/b12-9+. The molecule has 0 aliphatic rings. The molecule has 1 unspecified atom stereocenters. The van der Waals surface area contributed by atoms with E-state index in [-0.39, 0.29) is 29.9 Å². The number of rotatable bonds is 10. The van der Waals surface area contributed by atoms with Gasteiger partial charge in [0.2, 0.25) is 0 Å². The summed E-state index contributed by atoms with van der Waals surface area (Å²) >= 11 is 0. The largest absolute Gasteiger partial charge is 0.451 e. The van der Waals surface area contributed by atoms with Gasteiger partial charge >= 0.3 is 0 Å². The van der Waals surface area contributed by atoms with E-state index in [2.05, 4.69) is 9.71 Å². The molecular formula is C20H22F2N4O6S2. The van der Waals surface area contributed by atoms with Gasteiger partial charge in [0, 0.05) is 12.1 Å². The van der Waals surface area contributed by atoms with E-state index in [1.54, 1.807) is 0 Å². The second-order valence-electron chi connectivity index (χ2n) is 6.86. The first-order chi connectivity index (χ1) is 15.9. The van der Waals surface area contributed by atoms with Crippen LogP contribution in [0.5, 0.6) is 11.5 Å². The maximum atomic E-state index is 14.5. The van der Waals surface area contributed by atoms with Crippen molar-refractivity contribution >= 4 is 39.0 Å². The van der Waals surface area contributed by atoms with Gasteiger partial charge in [-0.05, 0) is 61.4 Å². The molecule has 1 amide bonds. The lowest BCUT2D eigenvalue weighted by molar-refractivity contribution is -0.114. The highest BCUT2D eigenvalue weighted by molar-refractivity contribution is 7.85. The molecule has 0 saturated heterocycles. The van der Waals surface area contributed by atoms with Gasteiger partial charge in [-0.2, -0.15) is 13.4 Å². The fourth-order valence-corrected chi connectivity index (χ4v) is 3.92. The molecule has 10 nitrogen and oxygen atoms in total. The number of nitrogens with one attached hydrogen (secondary N) is 1. The van der Waals surface area contributed by atoms with Crippen molar-refractivity contribution in [3.05, 3.63) is 59.2 Å². The van der Waals surface area contributed by atoms with Crippen LogP contribution in [-0.2, 0) is 25.9 Å². The fourth-order valence-electron chi connectivity index (χ4n) is 2.53. The Bertz CT molecular complexity index is 1220. The van der Waals surface area contributed by atoms with E-state index in [1.807, 2.05) is 0 Å². The summed E-state index contributed by atoms with van der Waals surface area (Å²) in [6.45, 7) is 1.45. The molecule has 0 aliphatic heterocycles. The first-order valence-electron chi connectivity index (χ1n) is 9.55. The summed E-state index contributed by atoms with van der Waals surface area (Å²) in [7, 11) is -5.78. The Balaban J connectivity index is 2.07. The quantitative estimate of drug-likeness (QED) is 0.122. The lowest BCUT2D eigenvalue weighted by atomic mass is 10.1. The number of aliphatic imine (C=N–C) groups is 1. The van der Waals surface area contributed by atoms with Crippen molar-refractivity contribution in [2.75, 3.05) is 12.3 Å². The van der Waals surface area contributed by atoms with Crippen LogP contribution in [0.15, 0.2) is 51.9 Å². The van der Waals surface area contributed by atoms with Crippen molar-refractivity contribution in [1.82, 2.24) is 4.72 Å². The second kappa shape index (κ2) is 11.8. The molecule has 34 heavy (non-hydrogen) atoms. The predicted molar refractivity (Wildman–Crippen MR) is 123 cm³/mol. The van der Waals surface area contributed by atoms with E-state index in [0.717, 1.165) is 12.1 Å². The fraction of sp³-hybridized carbons (Fsp3) is 0.200. The molecular weight excluding hydrogens is 494 g/mol. The monoisotopic (exact) mass is 516 g/mol. The van der Waals surface area contributed by atoms with Crippen LogP contribution in [0.2, 0.25) is 0 Å². The van der Waals surface area contributed by atoms with Crippen molar-refractivity contribution in [2.24, 2.45) is 16.5 Å². The molecule has 0 aliphatic carbocycles. The van der Waals surface area contributed by atoms with Crippen LogP contribution in [0.4, 0.5) is 8.78 Å². The molecule has 0 radical (unpaired) electrons. The minimum atomic E-state index is -4.10. The summed E-state index contributed by atoms with van der Waals surface area (Å²) < 4.78 is 78.9. The molecule has 2 aromatic carbocycles. The van der Waals surface area contributed by atoms with E-state index in [1.165, 1.54) is 37.3 Å². The van der Waals surface area contributed by atoms with Crippen LogP contribution in [0.3, 0.4) is 0 Å². The number of benzene rings is 2. The first kappa shape index (κ1) is 27.0. The highest BCUT2D eigenvalue weighted by Crippen LogP contribution is 2.29. The minimum absolute atomic E-state index is 0.0461. The summed E-state index contributed by atoms with van der Waals surface area (Å²) in [4.78, 5) is 15.4. The third-order valence-corrected chi connectivity index (χ3v) is 6.01. The minimum Gasteiger partial charge on any atom is -0.451 e. The number of ether oxygens (including phenoxy) is 1. The highest BCUT2D eigenvalue weighted by atomic mass is 32.2. The lowest BCUT2D eigenvalue weighted by Gasteiger charge is -2.10. The Labute approximate surface area is 197 Å². The Hall–Kier alpha value is -3.20. The Morgan fingerprint density at radius 3 is 2.32 bits per heavy atom. The number of carbonyl (C=O) groups is 1. The molecule has 0 heterocycles. The summed E-state index contributed by atoms with van der Waals surface area (Å²) in [6.07, 6.45) is 1.26. The Kier molecular flexibility index (Phi) is 9.37. The van der Waals surface area contributed by atoms with Gasteiger partial charge in [-0.3, -0.25) is 9.35 Å². The predicted octanol–water partition coefficient (Wildman–Crippen LogP) is 1.85. The van der Waals surface area contributed by atoms with Gasteiger partial charge in [-0.1, -0.05) is 0 Å². The number of hydrogen-bond acceptors (Lipinski definition) is 5. The van der Waals surface area contributed by atoms with E-state index >= 15 is 0 Å². The zero-order chi connectivity index (χ0) is 25.5. The zero-order valence-electron chi connectivity index (χ0n) is 17.8. The van der Waals surface area contributed by atoms with Gasteiger partial charge in [0.15, 0.2) is 23.3 Å². The number of guanidine groups is 1. The summed E-state index contributed by atoms with van der Waals surface area (Å²) in [5.74, 6) is -4.34. The lowest BCUT2D eigenvalue weighted by Crippen LogP contribution is -2.24. The van der Waals surface area contributed by atoms with Crippen LogP contribution < -0.4 is 20.9 Å². The van der Waals surface area contributed by atoms with E-state index in [9.17, 15) is 26.2 Å². The molecule has 0 bridgehead atoms. The molecule has 184 valence electrons. The molecule has 0 fully saturated rings. The highest BCUT2D eigenvalue weighted by Gasteiger charge is 2.15. The van der Waals surface area contributed by atoms with Gasteiger partial charge in [-0.25, -0.2) is 17.7 Å². The maximum absolute atomic E-state index is 14.5. The number of nitrogens with two attached hydrogens (primary N) is 2. The number of halogens is 2. The van der Waals surface area contributed by atoms with E-state index in [0.29, 0.717) is 4.90 Å². The summed E-state index contributed by atoms with van der Waals surface area (Å²) in [5, 5.41) is 0. The molecule has 0 spiro atoms. The topological polar surface area (TPSA) is 174 Å². The van der Waals surface area contributed by atoms with Crippen molar-refractivity contribution in [2.45, 2.75) is 18.2 Å². The van der Waals surface area contributed by atoms with Gasteiger partial charge in [0.1, 0.15) is 16.7 Å². The summed E-state index contributed by atoms with van der Waals surface area (Å²) in [6, 6.07) is 7.41. The van der Waals surface area contributed by atoms with Crippen molar-refractivity contribution < 1.29 is 35.5 Å². The molecule has 0 saturated carbocycles. The van der Waals surface area contributed by atoms with Crippen LogP contribution in [0, 0.1) is 11.6 Å². The van der Waals surface area contributed by atoms with E-state index < -0.39 is 56.1 Å². The SMILES string of the molecule is C/C(=C\c1cc(F)c(Oc2ccc(S(=O)NCCCS(=O)(=O)O)cc2)c(F)c1)C(=O)N=C(N)N. The average Bonchev–Trinajstić information content (AvgIpc) is 2.73. The third kappa shape index (κ3) is 8.62. The molecule has 14 heteroatoms. The normalized spacial score (nSPS) is 12.8. The smallest absolute Gasteiger partial charge is 0.275 e. The zero-order valence-corrected chi connectivity index (χ0v) is 19.5. The van der Waals surface area contributed by atoms with Crippen LogP contribution in [-0.4, -0.2) is 41.3 Å². The van der Waals surface area contributed by atoms with Gasteiger partial charge in [0.25, 0.3) is 16.0 Å². The third-order valence-electron chi connectivity index (χ3n) is 4.04. The molecule has 2 aromatic rings. The molecule has 1 atom stereocenters. The molecule has 0 aromatic heterocycles. The van der Waals surface area contributed by atoms with Crippen molar-refractivity contribution in [3.63, 3.8) is 0 Å². The summed E-state index contributed by atoms with van der Waals surface area (Å²) in [5.41, 5.74) is 10.4.